The maximum absolute atomic E-state index is 11.8. The van der Waals surface area contributed by atoms with E-state index in [-0.39, 0.29) is 16.4 Å². The molecular weight excluding hydrogens is 324 g/mol. The molecule has 1 saturated carbocycles. The zero-order valence-corrected chi connectivity index (χ0v) is 13.2. The minimum Gasteiger partial charge on any atom is -0.456 e. The number of carbonyl (C=O) groups is 2. The molecule has 1 N–H and O–H groups in total. The van der Waals surface area contributed by atoms with E-state index in [1.165, 1.54) is 12.1 Å². The highest BCUT2D eigenvalue weighted by Gasteiger charge is 2.21. The highest BCUT2D eigenvalue weighted by Crippen LogP contribution is 2.28. The summed E-state index contributed by atoms with van der Waals surface area (Å²) in [6.45, 7) is -0.467. The molecule has 1 amide bonds. The van der Waals surface area contributed by atoms with E-state index in [0.717, 1.165) is 31.7 Å². The Bertz CT molecular complexity index is 614. The van der Waals surface area contributed by atoms with Crippen LogP contribution in [0.1, 0.15) is 32.1 Å². The smallest absolute Gasteiger partial charge is 0.306 e. The lowest BCUT2D eigenvalue weighted by Gasteiger charge is -2.09. The van der Waals surface area contributed by atoms with E-state index < -0.39 is 23.4 Å². The van der Waals surface area contributed by atoms with Crippen LogP contribution in [0.2, 0.25) is 5.02 Å². The van der Waals surface area contributed by atoms with Gasteiger partial charge < -0.3 is 10.1 Å². The second-order valence-electron chi connectivity index (χ2n) is 5.48. The van der Waals surface area contributed by atoms with Gasteiger partial charge in [-0.05, 0) is 30.9 Å². The zero-order valence-electron chi connectivity index (χ0n) is 12.4. The molecule has 0 radical (unpaired) electrons. The lowest BCUT2D eigenvalue weighted by Crippen LogP contribution is -2.22. The Morgan fingerprint density at radius 2 is 2.04 bits per heavy atom. The van der Waals surface area contributed by atoms with Gasteiger partial charge in [0, 0.05) is 17.5 Å². The zero-order chi connectivity index (χ0) is 16.8. The SMILES string of the molecule is O=C(COC(=O)CC1CCCC1)Nc1ccc(Cl)cc1[N+](=O)[O-]. The summed E-state index contributed by atoms with van der Waals surface area (Å²) < 4.78 is 4.92. The average molecular weight is 341 g/mol. The van der Waals surface area contributed by atoms with E-state index >= 15 is 0 Å². The highest BCUT2D eigenvalue weighted by molar-refractivity contribution is 6.31. The molecule has 1 aliphatic rings. The van der Waals surface area contributed by atoms with Gasteiger partial charge in [0.15, 0.2) is 6.61 Å². The summed E-state index contributed by atoms with van der Waals surface area (Å²) in [5, 5.41) is 13.5. The summed E-state index contributed by atoms with van der Waals surface area (Å²) in [5.41, 5.74) is -0.306. The van der Waals surface area contributed by atoms with Crippen LogP contribution in [0.25, 0.3) is 0 Å². The molecular formula is C15H17ClN2O5. The third-order valence-corrected chi connectivity index (χ3v) is 3.96. The quantitative estimate of drug-likeness (QED) is 0.486. The predicted molar refractivity (Wildman–Crippen MR) is 84.3 cm³/mol. The van der Waals surface area contributed by atoms with Crippen molar-refractivity contribution in [3.63, 3.8) is 0 Å². The molecule has 1 aliphatic carbocycles. The Morgan fingerprint density at radius 3 is 2.70 bits per heavy atom. The average Bonchev–Trinajstić information content (AvgIpc) is 2.99. The van der Waals surface area contributed by atoms with Crippen molar-refractivity contribution < 1.29 is 19.2 Å². The number of nitrogens with zero attached hydrogens (tertiary/aromatic N) is 1. The molecule has 0 heterocycles. The first-order valence-corrected chi connectivity index (χ1v) is 7.73. The van der Waals surface area contributed by atoms with Gasteiger partial charge in [-0.15, -0.1) is 0 Å². The number of hydrogen-bond acceptors (Lipinski definition) is 5. The highest BCUT2D eigenvalue weighted by atomic mass is 35.5. The molecule has 1 aromatic carbocycles. The van der Waals surface area contributed by atoms with Crippen LogP contribution in [0, 0.1) is 16.0 Å². The standard InChI is InChI=1S/C15H17ClN2O5/c16-11-5-6-12(13(8-11)18(21)22)17-14(19)9-23-15(20)7-10-3-1-2-4-10/h5-6,8,10H,1-4,7,9H2,(H,17,19). The number of esters is 1. The van der Waals surface area contributed by atoms with Crippen LogP contribution in [0.5, 0.6) is 0 Å². The molecule has 0 spiro atoms. The second kappa shape index (κ2) is 7.92. The van der Waals surface area contributed by atoms with E-state index in [1.807, 2.05) is 0 Å². The van der Waals surface area contributed by atoms with Gasteiger partial charge in [0.25, 0.3) is 11.6 Å². The van der Waals surface area contributed by atoms with Crippen LogP contribution < -0.4 is 5.32 Å². The maximum Gasteiger partial charge on any atom is 0.306 e. The lowest BCUT2D eigenvalue weighted by atomic mass is 10.1. The maximum atomic E-state index is 11.8. The summed E-state index contributed by atoms with van der Waals surface area (Å²) in [7, 11) is 0. The van der Waals surface area contributed by atoms with Crippen molar-refractivity contribution in [3.05, 3.63) is 33.3 Å². The van der Waals surface area contributed by atoms with Crippen LogP contribution in [0.3, 0.4) is 0 Å². The van der Waals surface area contributed by atoms with Crippen molar-refractivity contribution >= 4 is 34.9 Å². The molecule has 124 valence electrons. The number of halogens is 1. The van der Waals surface area contributed by atoms with E-state index in [9.17, 15) is 19.7 Å². The van der Waals surface area contributed by atoms with Gasteiger partial charge in [0.2, 0.25) is 0 Å². The van der Waals surface area contributed by atoms with Crippen molar-refractivity contribution in [3.8, 4) is 0 Å². The molecule has 23 heavy (non-hydrogen) atoms. The second-order valence-corrected chi connectivity index (χ2v) is 5.92. The normalized spacial score (nSPS) is 14.5. The monoisotopic (exact) mass is 340 g/mol. The van der Waals surface area contributed by atoms with Crippen LogP contribution in [-0.2, 0) is 14.3 Å². The van der Waals surface area contributed by atoms with Gasteiger partial charge in [-0.1, -0.05) is 24.4 Å². The third-order valence-electron chi connectivity index (χ3n) is 3.72. The number of amides is 1. The van der Waals surface area contributed by atoms with Gasteiger partial charge in [-0.2, -0.15) is 0 Å². The van der Waals surface area contributed by atoms with Crippen molar-refractivity contribution in [2.45, 2.75) is 32.1 Å². The number of rotatable bonds is 6. The van der Waals surface area contributed by atoms with Crippen molar-refractivity contribution in [1.29, 1.82) is 0 Å². The van der Waals surface area contributed by atoms with Crippen LogP contribution in [0.15, 0.2) is 18.2 Å². The fourth-order valence-electron chi connectivity index (χ4n) is 2.60. The Labute approximate surface area is 138 Å². The summed E-state index contributed by atoms with van der Waals surface area (Å²) in [5.74, 6) is -0.712. The first-order chi connectivity index (χ1) is 11.0. The molecule has 0 aromatic heterocycles. The molecule has 0 aliphatic heterocycles. The number of carbonyl (C=O) groups excluding carboxylic acids is 2. The fraction of sp³-hybridized carbons (Fsp3) is 0.467. The van der Waals surface area contributed by atoms with Crippen LogP contribution in [-0.4, -0.2) is 23.4 Å². The molecule has 7 nitrogen and oxygen atoms in total. The molecule has 1 aromatic rings. The molecule has 0 bridgehead atoms. The number of anilines is 1. The van der Waals surface area contributed by atoms with Gasteiger partial charge in [-0.25, -0.2) is 0 Å². The van der Waals surface area contributed by atoms with E-state index in [2.05, 4.69) is 5.32 Å². The Morgan fingerprint density at radius 1 is 1.35 bits per heavy atom. The van der Waals surface area contributed by atoms with Gasteiger partial charge in [0.05, 0.1) is 4.92 Å². The number of benzene rings is 1. The first kappa shape index (κ1) is 17.2. The number of nitro groups is 1. The molecule has 2 rings (SSSR count). The number of ether oxygens (including phenoxy) is 1. The molecule has 1 fully saturated rings. The Kier molecular flexibility index (Phi) is 5.92. The van der Waals surface area contributed by atoms with E-state index in [1.54, 1.807) is 0 Å². The summed E-state index contributed by atoms with van der Waals surface area (Å²) >= 11 is 5.69. The number of nitrogens with one attached hydrogen (secondary N) is 1. The van der Waals surface area contributed by atoms with Crippen molar-refractivity contribution in [2.24, 2.45) is 5.92 Å². The molecule has 0 atom stereocenters. The lowest BCUT2D eigenvalue weighted by molar-refractivity contribution is -0.383. The van der Waals surface area contributed by atoms with E-state index in [0.29, 0.717) is 12.3 Å². The topological polar surface area (TPSA) is 98.5 Å². The predicted octanol–water partition coefficient (Wildman–Crippen LogP) is 3.31. The molecule has 0 saturated heterocycles. The summed E-state index contributed by atoms with van der Waals surface area (Å²) in [4.78, 5) is 33.7. The van der Waals surface area contributed by atoms with E-state index in [4.69, 9.17) is 16.3 Å². The number of hydrogen-bond donors (Lipinski definition) is 1. The number of nitro benzene ring substituents is 1. The van der Waals surface area contributed by atoms with Crippen LogP contribution in [0.4, 0.5) is 11.4 Å². The van der Waals surface area contributed by atoms with Crippen LogP contribution >= 0.6 is 11.6 Å². The third kappa shape index (κ3) is 5.21. The van der Waals surface area contributed by atoms with Crippen molar-refractivity contribution in [1.82, 2.24) is 0 Å². The summed E-state index contributed by atoms with van der Waals surface area (Å²) in [6, 6.07) is 3.90. The molecule has 0 unspecified atom stereocenters. The van der Waals surface area contributed by atoms with Gasteiger partial charge in [-0.3, -0.25) is 19.7 Å². The minimum atomic E-state index is -0.645. The largest absolute Gasteiger partial charge is 0.456 e. The fourth-order valence-corrected chi connectivity index (χ4v) is 2.77. The molecule has 8 heteroatoms. The van der Waals surface area contributed by atoms with Crippen molar-refractivity contribution in [2.75, 3.05) is 11.9 Å². The van der Waals surface area contributed by atoms with Gasteiger partial charge >= 0.3 is 5.97 Å². The first-order valence-electron chi connectivity index (χ1n) is 7.35. The summed E-state index contributed by atoms with van der Waals surface area (Å²) in [6.07, 6.45) is 4.59. The van der Waals surface area contributed by atoms with Gasteiger partial charge in [0.1, 0.15) is 5.69 Å². The Hall–Kier alpha value is -2.15. The Balaban J connectivity index is 1.85. The minimum absolute atomic E-state index is 0.0104.